The number of aromatic nitrogens is 1. The minimum Gasteiger partial charge on any atom is -0.532 e. The molecular weight excluding hydrogens is 366 g/mol. The van der Waals surface area contributed by atoms with E-state index in [9.17, 15) is 9.90 Å². The van der Waals surface area contributed by atoms with Crippen molar-refractivity contribution in [3.63, 3.8) is 0 Å². The van der Waals surface area contributed by atoms with E-state index in [0.29, 0.717) is 17.0 Å². The van der Waals surface area contributed by atoms with Gasteiger partial charge in [0.25, 0.3) is 0 Å². The molecule has 0 saturated carbocycles. The van der Waals surface area contributed by atoms with Gasteiger partial charge in [0.2, 0.25) is 0 Å². The highest BCUT2D eigenvalue weighted by Crippen LogP contribution is 2.29. The number of rotatable bonds is 5. The zero-order valence-electron chi connectivity index (χ0n) is 16.6. The van der Waals surface area contributed by atoms with Crippen LogP contribution in [0.15, 0.2) is 66.7 Å². The highest BCUT2D eigenvalue weighted by molar-refractivity contribution is 6.80. The number of carboxylic acids is 1. The van der Waals surface area contributed by atoms with Crippen LogP contribution in [-0.4, -0.2) is 25.1 Å². The molecule has 5 heteroatoms. The number of pyridine rings is 1. The number of hydrogen-bond donors (Lipinski definition) is 1. The van der Waals surface area contributed by atoms with Gasteiger partial charge in [0, 0.05) is 17.0 Å². The lowest BCUT2D eigenvalue weighted by atomic mass is 9.91. The zero-order valence-corrected chi connectivity index (χ0v) is 17.6. The third-order valence-electron chi connectivity index (χ3n) is 4.48. The zero-order chi connectivity index (χ0) is 20.3. The fourth-order valence-electron chi connectivity index (χ4n) is 2.86. The molecule has 2 aromatic carbocycles. The first-order valence-corrected chi connectivity index (χ1v) is 10.6. The van der Waals surface area contributed by atoms with Gasteiger partial charge in [-0.3, -0.25) is 0 Å². The molecule has 28 heavy (non-hydrogen) atoms. The summed E-state index contributed by atoms with van der Waals surface area (Å²) in [5.41, 5.74) is 1.01. The van der Waals surface area contributed by atoms with Gasteiger partial charge in [-0.15, -0.1) is 0 Å². The lowest BCUT2D eigenvalue weighted by molar-refractivity contribution is 0.0688. The van der Waals surface area contributed by atoms with E-state index >= 15 is 0 Å². The van der Waals surface area contributed by atoms with Crippen LogP contribution in [-0.2, 0) is 5.41 Å². The summed E-state index contributed by atoms with van der Waals surface area (Å²) >= 11 is 0. The molecule has 1 aromatic heterocycles. The molecular formula is C23H24NO3Si. The molecule has 0 atom stereocenters. The van der Waals surface area contributed by atoms with Crippen molar-refractivity contribution < 1.29 is 14.3 Å². The van der Waals surface area contributed by atoms with Crippen molar-refractivity contribution in [2.75, 3.05) is 0 Å². The Balaban J connectivity index is 2.13. The van der Waals surface area contributed by atoms with Crippen LogP contribution in [0.2, 0.25) is 0 Å². The molecule has 143 valence electrons. The van der Waals surface area contributed by atoms with Crippen LogP contribution >= 0.6 is 0 Å². The van der Waals surface area contributed by atoms with E-state index in [1.165, 1.54) is 0 Å². The quantitative estimate of drug-likeness (QED) is 0.677. The molecule has 0 fully saturated rings. The maximum absolute atomic E-state index is 11.8. The van der Waals surface area contributed by atoms with Gasteiger partial charge in [-0.05, 0) is 17.3 Å². The Morgan fingerprint density at radius 1 is 0.964 bits per heavy atom. The standard InChI is InChI=1S/C23H24NO3Si/c1-16-19(15-20(23(2,3)4)24-21(16)22(25)26)27-28(17-11-7-5-8-12-17)18-13-9-6-10-14-18/h5-15H,1-4H3,(H,25,26). The summed E-state index contributed by atoms with van der Waals surface area (Å²) in [6.45, 7) is 7.80. The second kappa shape index (κ2) is 7.98. The number of carbonyl (C=O) groups is 1. The molecule has 1 N–H and O–H groups in total. The van der Waals surface area contributed by atoms with E-state index in [1.54, 1.807) is 6.92 Å². The second-order valence-electron chi connectivity index (χ2n) is 7.70. The Kier molecular flexibility index (Phi) is 5.65. The van der Waals surface area contributed by atoms with E-state index in [4.69, 9.17) is 4.43 Å². The van der Waals surface area contributed by atoms with Crippen LogP contribution in [0.1, 0.15) is 42.5 Å². The highest BCUT2D eigenvalue weighted by Gasteiger charge is 2.26. The number of carboxylic acid groups (broad SMARTS) is 1. The van der Waals surface area contributed by atoms with Crippen LogP contribution in [0.25, 0.3) is 0 Å². The van der Waals surface area contributed by atoms with Crippen molar-refractivity contribution in [1.29, 1.82) is 0 Å². The Labute approximate surface area is 167 Å². The van der Waals surface area contributed by atoms with Crippen molar-refractivity contribution in [2.24, 2.45) is 0 Å². The van der Waals surface area contributed by atoms with E-state index in [2.05, 4.69) is 29.2 Å². The van der Waals surface area contributed by atoms with Gasteiger partial charge < -0.3 is 9.53 Å². The number of aromatic carboxylic acids is 1. The largest absolute Gasteiger partial charge is 0.532 e. The van der Waals surface area contributed by atoms with E-state index in [1.807, 2.05) is 63.2 Å². The summed E-state index contributed by atoms with van der Waals surface area (Å²) < 4.78 is 6.54. The summed E-state index contributed by atoms with van der Waals surface area (Å²) in [6, 6.07) is 22.0. The van der Waals surface area contributed by atoms with Crippen LogP contribution in [0.5, 0.6) is 5.75 Å². The van der Waals surface area contributed by atoms with Crippen LogP contribution in [0.3, 0.4) is 0 Å². The fourth-order valence-corrected chi connectivity index (χ4v) is 4.85. The summed E-state index contributed by atoms with van der Waals surface area (Å²) in [5, 5.41) is 11.8. The molecule has 0 aliphatic carbocycles. The first-order valence-electron chi connectivity index (χ1n) is 9.18. The fraction of sp³-hybridized carbons (Fsp3) is 0.217. The maximum Gasteiger partial charge on any atom is 0.354 e. The number of nitrogens with zero attached hydrogens (tertiary/aromatic N) is 1. The average molecular weight is 391 g/mol. The molecule has 0 unspecified atom stereocenters. The first kappa shape index (κ1) is 19.8. The van der Waals surface area contributed by atoms with Crippen LogP contribution in [0, 0.1) is 6.92 Å². The van der Waals surface area contributed by atoms with Crippen molar-refractivity contribution >= 4 is 25.4 Å². The summed E-state index contributed by atoms with van der Waals surface area (Å²) in [6.07, 6.45) is 0. The van der Waals surface area contributed by atoms with Crippen molar-refractivity contribution in [2.45, 2.75) is 33.1 Å². The van der Waals surface area contributed by atoms with Gasteiger partial charge in [0.05, 0.1) is 5.69 Å². The van der Waals surface area contributed by atoms with Crippen molar-refractivity contribution in [3.05, 3.63) is 83.7 Å². The van der Waals surface area contributed by atoms with Crippen LogP contribution < -0.4 is 14.8 Å². The summed E-state index contributed by atoms with van der Waals surface area (Å²) in [4.78, 5) is 16.2. The summed E-state index contributed by atoms with van der Waals surface area (Å²) in [5.74, 6) is -0.458. The third-order valence-corrected chi connectivity index (χ3v) is 6.62. The minimum absolute atomic E-state index is 0.0462. The van der Waals surface area contributed by atoms with Gasteiger partial charge >= 0.3 is 15.0 Å². The van der Waals surface area contributed by atoms with Gasteiger partial charge in [0.15, 0.2) is 5.69 Å². The normalized spacial score (nSPS) is 11.5. The van der Waals surface area contributed by atoms with Gasteiger partial charge in [-0.25, -0.2) is 9.78 Å². The van der Waals surface area contributed by atoms with Crippen molar-refractivity contribution in [3.8, 4) is 5.75 Å². The smallest absolute Gasteiger partial charge is 0.354 e. The first-order chi connectivity index (χ1) is 13.3. The lowest BCUT2D eigenvalue weighted by Crippen LogP contribution is -2.47. The Bertz CT molecular complexity index is 927. The van der Waals surface area contributed by atoms with Crippen LogP contribution in [0.4, 0.5) is 0 Å². The molecule has 3 aromatic rings. The van der Waals surface area contributed by atoms with Gasteiger partial charge in [-0.1, -0.05) is 81.4 Å². The van der Waals surface area contributed by atoms with E-state index < -0.39 is 15.0 Å². The maximum atomic E-state index is 11.8. The average Bonchev–Trinajstić information content (AvgIpc) is 2.67. The monoisotopic (exact) mass is 390 g/mol. The van der Waals surface area contributed by atoms with Gasteiger partial charge in [0.1, 0.15) is 5.75 Å². The van der Waals surface area contributed by atoms with Gasteiger partial charge in [-0.2, -0.15) is 0 Å². The molecule has 0 aliphatic heterocycles. The Hall–Kier alpha value is -2.92. The minimum atomic E-state index is -1.60. The molecule has 0 bridgehead atoms. The number of hydrogen-bond acceptors (Lipinski definition) is 3. The molecule has 3 rings (SSSR count). The summed E-state index contributed by atoms with van der Waals surface area (Å²) in [7, 11) is -1.60. The lowest BCUT2D eigenvalue weighted by Gasteiger charge is -2.23. The Morgan fingerprint density at radius 3 is 1.89 bits per heavy atom. The molecule has 0 spiro atoms. The predicted molar refractivity (Wildman–Crippen MR) is 113 cm³/mol. The topological polar surface area (TPSA) is 59.4 Å². The Morgan fingerprint density at radius 2 is 1.46 bits per heavy atom. The third kappa shape index (κ3) is 4.31. The SMILES string of the molecule is Cc1c(O[Si](c2ccccc2)c2ccccc2)cc(C(C)(C)C)nc1C(=O)O. The molecule has 1 heterocycles. The molecule has 0 amide bonds. The number of benzene rings is 2. The molecule has 0 saturated heterocycles. The molecule has 0 aliphatic rings. The predicted octanol–water partition coefficient (Wildman–Crippen LogP) is 3.57. The molecule has 4 nitrogen and oxygen atoms in total. The second-order valence-corrected chi connectivity index (χ2v) is 9.71. The van der Waals surface area contributed by atoms with E-state index in [0.717, 1.165) is 10.4 Å². The molecule has 1 radical (unpaired) electrons. The highest BCUT2D eigenvalue weighted by atomic mass is 28.3. The van der Waals surface area contributed by atoms with E-state index in [-0.39, 0.29) is 11.1 Å². The van der Waals surface area contributed by atoms with Crippen molar-refractivity contribution in [1.82, 2.24) is 4.98 Å².